The number of aliphatic hydroxyl groups excluding tert-OH is 1. The topological polar surface area (TPSA) is 58.4 Å². The van der Waals surface area contributed by atoms with Gasteiger partial charge < -0.3 is 14.6 Å². The number of rotatable bonds is 3. The molecule has 0 spiro atoms. The zero-order chi connectivity index (χ0) is 14.8. The molecule has 1 amide bonds. The van der Waals surface area contributed by atoms with Crippen LogP contribution in [0.3, 0.4) is 0 Å². The minimum absolute atomic E-state index is 0.154. The van der Waals surface area contributed by atoms with Gasteiger partial charge in [0.15, 0.2) is 0 Å². The van der Waals surface area contributed by atoms with E-state index in [1.165, 1.54) is 0 Å². The molecule has 1 saturated carbocycles. The van der Waals surface area contributed by atoms with Gasteiger partial charge in [-0.2, -0.15) is 0 Å². The summed E-state index contributed by atoms with van der Waals surface area (Å²) in [4.78, 5) is 18.5. The monoisotopic (exact) mass is 291 g/mol. The molecule has 5 nitrogen and oxygen atoms in total. The average molecular weight is 291 g/mol. The largest absolute Gasteiger partial charge is 0.393 e. The van der Waals surface area contributed by atoms with Gasteiger partial charge in [0.25, 0.3) is 0 Å². The van der Waals surface area contributed by atoms with Gasteiger partial charge in [0.1, 0.15) is 6.54 Å². The zero-order valence-corrected chi connectivity index (χ0v) is 12.7. The quantitative estimate of drug-likeness (QED) is 0.921. The van der Waals surface area contributed by atoms with Crippen molar-refractivity contribution in [3.8, 4) is 0 Å². The lowest BCUT2D eigenvalue weighted by Crippen LogP contribution is -2.47. The summed E-state index contributed by atoms with van der Waals surface area (Å²) >= 11 is 0. The van der Waals surface area contributed by atoms with Crippen molar-refractivity contribution in [3.63, 3.8) is 0 Å². The van der Waals surface area contributed by atoms with Gasteiger partial charge in [-0.25, -0.2) is 4.98 Å². The molecule has 2 aliphatic rings. The third-order valence-corrected chi connectivity index (χ3v) is 5.11. The summed E-state index contributed by atoms with van der Waals surface area (Å²) in [5, 5.41) is 10.4. The lowest BCUT2D eigenvalue weighted by atomic mass is 9.76. The Kier molecular flexibility index (Phi) is 4.29. The van der Waals surface area contributed by atoms with Crippen LogP contribution in [0.15, 0.2) is 18.7 Å². The second-order valence-electron chi connectivity index (χ2n) is 6.68. The summed E-state index contributed by atoms with van der Waals surface area (Å²) < 4.78 is 1.82. The molecule has 0 bridgehead atoms. The van der Waals surface area contributed by atoms with Crippen molar-refractivity contribution >= 4 is 5.91 Å². The van der Waals surface area contributed by atoms with Gasteiger partial charge in [-0.3, -0.25) is 4.79 Å². The maximum atomic E-state index is 12.5. The summed E-state index contributed by atoms with van der Waals surface area (Å²) in [6.45, 7) is 3.44. The summed E-state index contributed by atoms with van der Waals surface area (Å²) in [6, 6.07) is 0.221. The molecular formula is C16H25N3O2. The van der Waals surface area contributed by atoms with Gasteiger partial charge >= 0.3 is 0 Å². The number of nitrogens with zero attached hydrogens (tertiary/aromatic N) is 3. The molecule has 2 heterocycles. The summed E-state index contributed by atoms with van der Waals surface area (Å²) in [5.41, 5.74) is 0. The van der Waals surface area contributed by atoms with Crippen LogP contribution in [0.5, 0.6) is 0 Å². The van der Waals surface area contributed by atoms with E-state index in [9.17, 15) is 9.90 Å². The molecule has 5 heteroatoms. The number of hydrogen-bond donors (Lipinski definition) is 1. The van der Waals surface area contributed by atoms with E-state index < -0.39 is 0 Å². The summed E-state index contributed by atoms with van der Waals surface area (Å²) in [5.74, 6) is 1.06. The molecule has 4 atom stereocenters. The molecule has 1 aliphatic heterocycles. The van der Waals surface area contributed by atoms with Gasteiger partial charge in [-0.05, 0) is 38.0 Å². The van der Waals surface area contributed by atoms with Crippen LogP contribution >= 0.6 is 0 Å². The Hall–Kier alpha value is -1.36. The molecule has 1 aliphatic carbocycles. The van der Waals surface area contributed by atoms with Crippen molar-refractivity contribution in [1.29, 1.82) is 0 Å². The van der Waals surface area contributed by atoms with Gasteiger partial charge in [-0.15, -0.1) is 0 Å². The first-order valence-corrected chi connectivity index (χ1v) is 8.08. The number of carbonyl (C=O) groups excluding carboxylic acids is 1. The molecule has 116 valence electrons. The fourth-order valence-electron chi connectivity index (χ4n) is 4.00. The number of aromatic nitrogens is 2. The Bertz CT molecular complexity index is 474. The van der Waals surface area contributed by atoms with E-state index in [1.807, 2.05) is 15.7 Å². The molecule has 1 aromatic rings. The predicted molar refractivity (Wildman–Crippen MR) is 79.5 cm³/mol. The minimum atomic E-state index is -0.243. The number of likely N-dealkylation sites (tertiary alicyclic amines) is 1. The number of imidazole rings is 1. The van der Waals surface area contributed by atoms with E-state index in [-0.39, 0.29) is 24.0 Å². The zero-order valence-electron chi connectivity index (χ0n) is 12.7. The molecule has 2 fully saturated rings. The van der Waals surface area contributed by atoms with Crippen LogP contribution in [-0.4, -0.2) is 44.2 Å². The van der Waals surface area contributed by atoms with E-state index in [2.05, 4.69) is 11.9 Å². The number of carbonyl (C=O) groups is 1. The van der Waals surface area contributed by atoms with Gasteiger partial charge in [-0.1, -0.05) is 6.92 Å². The molecule has 0 aromatic carbocycles. The van der Waals surface area contributed by atoms with E-state index in [4.69, 9.17) is 0 Å². The van der Waals surface area contributed by atoms with Crippen molar-refractivity contribution in [2.24, 2.45) is 11.8 Å². The first-order valence-electron chi connectivity index (χ1n) is 8.08. The molecule has 1 saturated heterocycles. The standard InChI is InChI=1S/C16H25N3O2/c1-12-4-5-15(20)13(9-12)14-3-2-7-19(14)16(21)10-18-8-6-17-11-18/h6,8,11-15,20H,2-5,7,9-10H2,1H3. The molecular weight excluding hydrogens is 266 g/mol. The van der Waals surface area contributed by atoms with E-state index in [0.717, 1.165) is 38.6 Å². The van der Waals surface area contributed by atoms with Crippen LogP contribution in [-0.2, 0) is 11.3 Å². The van der Waals surface area contributed by atoms with Crippen molar-refractivity contribution in [2.75, 3.05) is 6.54 Å². The first-order chi connectivity index (χ1) is 10.1. The number of hydrogen-bond acceptors (Lipinski definition) is 3. The Morgan fingerprint density at radius 3 is 3.00 bits per heavy atom. The molecule has 4 unspecified atom stereocenters. The molecule has 1 N–H and O–H groups in total. The smallest absolute Gasteiger partial charge is 0.242 e. The van der Waals surface area contributed by atoms with E-state index in [1.54, 1.807) is 12.5 Å². The Morgan fingerprint density at radius 2 is 2.24 bits per heavy atom. The Morgan fingerprint density at radius 1 is 1.38 bits per heavy atom. The van der Waals surface area contributed by atoms with Crippen molar-refractivity contribution in [2.45, 2.75) is 57.7 Å². The van der Waals surface area contributed by atoms with Crippen molar-refractivity contribution < 1.29 is 9.90 Å². The normalized spacial score (nSPS) is 33.3. The van der Waals surface area contributed by atoms with Crippen molar-refractivity contribution in [3.05, 3.63) is 18.7 Å². The second-order valence-corrected chi connectivity index (χ2v) is 6.68. The molecule has 1 aromatic heterocycles. The number of amides is 1. The third-order valence-electron chi connectivity index (χ3n) is 5.11. The fraction of sp³-hybridized carbons (Fsp3) is 0.750. The third kappa shape index (κ3) is 3.12. The van der Waals surface area contributed by atoms with Crippen LogP contribution in [0.25, 0.3) is 0 Å². The highest BCUT2D eigenvalue weighted by Gasteiger charge is 2.40. The van der Waals surface area contributed by atoms with Crippen LogP contribution in [0, 0.1) is 11.8 Å². The van der Waals surface area contributed by atoms with E-state index in [0.29, 0.717) is 12.5 Å². The maximum Gasteiger partial charge on any atom is 0.242 e. The molecule has 0 radical (unpaired) electrons. The SMILES string of the molecule is CC1CCC(O)C(C2CCCN2C(=O)Cn2ccnc2)C1. The fourth-order valence-corrected chi connectivity index (χ4v) is 4.00. The Balaban J connectivity index is 1.68. The van der Waals surface area contributed by atoms with Crippen LogP contribution in [0.4, 0.5) is 0 Å². The van der Waals surface area contributed by atoms with Gasteiger partial charge in [0, 0.05) is 30.9 Å². The van der Waals surface area contributed by atoms with Crippen molar-refractivity contribution in [1.82, 2.24) is 14.5 Å². The van der Waals surface area contributed by atoms with Crippen LogP contribution in [0.1, 0.15) is 39.0 Å². The molecule has 21 heavy (non-hydrogen) atoms. The van der Waals surface area contributed by atoms with Gasteiger partial charge in [0.2, 0.25) is 5.91 Å². The van der Waals surface area contributed by atoms with E-state index >= 15 is 0 Å². The van der Waals surface area contributed by atoms with Crippen LogP contribution < -0.4 is 0 Å². The first kappa shape index (κ1) is 14.6. The molecule has 3 rings (SSSR count). The Labute approximate surface area is 126 Å². The maximum absolute atomic E-state index is 12.5. The highest BCUT2D eigenvalue weighted by atomic mass is 16.3. The summed E-state index contributed by atoms with van der Waals surface area (Å²) in [6.07, 6.45) is 10.1. The second kappa shape index (κ2) is 6.18. The minimum Gasteiger partial charge on any atom is -0.393 e. The summed E-state index contributed by atoms with van der Waals surface area (Å²) in [7, 11) is 0. The highest BCUT2D eigenvalue weighted by molar-refractivity contribution is 5.76. The van der Waals surface area contributed by atoms with Crippen LogP contribution in [0.2, 0.25) is 0 Å². The lowest BCUT2D eigenvalue weighted by molar-refractivity contribution is -0.135. The highest BCUT2D eigenvalue weighted by Crippen LogP contribution is 2.37. The number of aliphatic hydroxyl groups is 1. The van der Waals surface area contributed by atoms with Gasteiger partial charge in [0.05, 0.1) is 12.4 Å². The average Bonchev–Trinajstić information content (AvgIpc) is 3.12. The predicted octanol–water partition coefficient (Wildman–Crippen LogP) is 1.67. The lowest BCUT2D eigenvalue weighted by Gasteiger charge is -2.39.